The van der Waals surface area contributed by atoms with Crippen molar-refractivity contribution in [2.45, 2.75) is 58.3 Å². The highest BCUT2D eigenvalue weighted by Crippen LogP contribution is 2.44. The van der Waals surface area contributed by atoms with E-state index in [-0.39, 0.29) is 35.6 Å². The summed E-state index contributed by atoms with van der Waals surface area (Å²) >= 11 is 12.4. The fraction of sp³-hybridized carbons (Fsp3) is 0.429. The smallest absolute Gasteiger partial charge is 0.257 e. The number of aromatic nitrogens is 1. The van der Waals surface area contributed by atoms with Crippen molar-refractivity contribution in [3.63, 3.8) is 0 Å². The summed E-state index contributed by atoms with van der Waals surface area (Å²) in [6.07, 6.45) is 3.38. The molecule has 2 aliphatic rings. The number of carbonyl (C=O) groups excluding carboxylic acids is 1. The number of amides is 1. The molecule has 2 N–H and O–H groups in total. The molecule has 1 aromatic heterocycles. The van der Waals surface area contributed by atoms with Crippen LogP contribution in [0.1, 0.15) is 54.2 Å². The van der Waals surface area contributed by atoms with Crippen molar-refractivity contribution >= 4 is 45.7 Å². The van der Waals surface area contributed by atoms with Gasteiger partial charge in [-0.3, -0.25) is 9.59 Å². The number of hydrogen-bond donors (Lipinski definition) is 2. The van der Waals surface area contributed by atoms with Gasteiger partial charge in [0.05, 0.1) is 18.0 Å². The van der Waals surface area contributed by atoms with Crippen LogP contribution in [0.15, 0.2) is 29.2 Å². The summed E-state index contributed by atoms with van der Waals surface area (Å²) in [5.74, 6) is -0.776. The summed E-state index contributed by atoms with van der Waals surface area (Å²) < 4.78 is 23.4. The number of nitrogens with one attached hydrogen (secondary N) is 2. The van der Waals surface area contributed by atoms with Gasteiger partial charge < -0.3 is 24.8 Å². The third kappa shape index (κ3) is 4.97. The maximum Gasteiger partial charge on any atom is 0.257 e. The Balaban J connectivity index is 1.58. The normalized spacial score (nSPS) is 19.6. The number of pyridine rings is 1. The van der Waals surface area contributed by atoms with E-state index in [1.165, 1.54) is 13.2 Å². The number of benzene rings is 2. The van der Waals surface area contributed by atoms with E-state index in [1.54, 1.807) is 18.3 Å². The summed E-state index contributed by atoms with van der Waals surface area (Å²) in [6.45, 7) is 7.28. The molecule has 2 aromatic carbocycles. The van der Waals surface area contributed by atoms with Crippen molar-refractivity contribution in [2.75, 3.05) is 25.1 Å². The molecule has 7 nitrogen and oxygen atoms in total. The third-order valence-corrected chi connectivity index (χ3v) is 7.83. The number of halogens is 3. The molecule has 0 spiro atoms. The monoisotopic (exact) mass is 560 g/mol. The Bertz CT molecular complexity index is 1450. The minimum Gasteiger partial charge on any atom is -0.492 e. The van der Waals surface area contributed by atoms with Crippen LogP contribution in [0.4, 0.5) is 10.1 Å². The van der Waals surface area contributed by atoms with Crippen LogP contribution in [0.2, 0.25) is 10.0 Å². The van der Waals surface area contributed by atoms with Gasteiger partial charge in [0.25, 0.3) is 5.91 Å². The first-order valence-electron chi connectivity index (χ1n) is 12.8. The Kier molecular flexibility index (Phi) is 7.33. The maximum absolute atomic E-state index is 15.7. The molecule has 10 heteroatoms. The van der Waals surface area contributed by atoms with Crippen molar-refractivity contribution in [2.24, 2.45) is 0 Å². The van der Waals surface area contributed by atoms with E-state index in [4.69, 9.17) is 27.9 Å². The van der Waals surface area contributed by atoms with Crippen molar-refractivity contribution < 1.29 is 13.9 Å². The predicted octanol–water partition coefficient (Wildman–Crippen LogP) is 5.22. The lowest BCUT2D eigenvalue weighted by atomic mass is 10.0. The minimum atomic E-state index is -0.551. The highest BCUT2D eigenvalue weighted by Gasteiger charge is 2.33. The van der Waals surface area contributed by atoms with Gasteiger partial charge in [-0.25, -0.2) is 4.39 Å². The van der Waals surface area contributed by atoms with E-state index in [9.17, 15) is 9.59 Å². The van der Waals surface area contributed by atoms with Crippen LogP contribution < -0.4 is 25.7 Å². The number of methoxy groups -OCH3 is 1. The fourth-order valence-corrected chi connectivity index (χ4v) is 6.12. The number of hydrogen-bond acceptors (Lipinski definition) is 5. The van der Waals surface area contributed by atoms with Gasteiger partial charge >= 0.3 is 0 Å². The number of rotatable bonds is 6. The Morgan fingerprint density at radius 2 is 1.87 bits per heavy atom. The highest BCUT2D eigenvalue weighted by atomic mass is 35.5. The van der Waals surface area contributed by atoms with E-state index < -0.39 is 17.2 Å². The quantitative estimate of drug-likeness (QED) is 0.432. The molecule has 38 heavy (non-hydrogen) atoms. The molecule has 1 saturated carbocycles. The van der Waals surface area contributed by atoms with Crippen molar-refractivity contribution in [1.29, 1.82) is 0 Å². The number of fused-ring (bicyclic) bond motifs is 1. The molecular formula is C28H31Cl2FN4O3. The van der Waals surface area contributed by atoms with E-state index in [0.717, 1.165) is 18.4 Å². The number of anilines is 1. The molecule has 0 unspecified atom stereocenters. The van der Waals surface area contributed by atoms with Gasteiger partial charge in [0.15, 0.2) is 11.6 Å². The van der Waals surface area contributed by atoms with Crippen molar-refractivity contribution in [1.82, 2.24) is 15.2 Å². The molecule has 0 bridgehead atoms. The van der Waals surface area contributed by atoms with Crippen molar-refractivity contribution in [3.8, 4) is 5.75 Å². The summed E-state index contributed by atoms with van der Waals surface area (Å²) in [7, 11) is 1.49. The molecule has 1 saturated heterocycles. The summed E-state index contributed by atoms with van der Waals surface area (Å²) in [4.78, 5) is 28.8. The zero-order valence-corrected chi connectivity index (χ0v) is 23.3. The number of carbonyl (C=O) groups is 1. The van der Waals surface area contributed by atoms with Crippen LogP contribution >= 0.6 is 23.2 Å². The predicted molar refractivity (Wildman–Crippen MR) is 150 cm³/mol. The number of ether oxygens (including phenoxy) is 1. The maximum atomic E-state index is 15.7. The zero-order valence-electron chi connectivity index (χ0n) is 21.8. The largest absolute Gasteiger partial charge is 0.492 e. The molecule has 1 aliphatic carbocycles. The van der Waals surface area contributed by atoms with Crippen LogP contribution in [-0.4, -0.2) is 42.8 Å². The zero-order chi connectivity index (χ0) is 27.3. The molecular weight excluding hydrogens is 530 g/mol. The van der Waals surface area contributed by atoms with Crippen LogP contribution in [0, 0.1) is 12.7 Å². The van der Waals surface area contributed by atoms with Crippen LogP contribution in [0.25, 0.3) is 10.9 Å². The van der Waals surface area contributed by atoms with Gasteiger partial charge in [-0.05, 0) is 62.9 Å². The van der Waals surface area contributed by atoms with Crippen molar-refractivity contribution in [3.05, 3.63) is 67.2 Å². The molecule has 3 aromatic rings. The first kappa shape index (κ1) is 26.8. The first-order chi connectivity index (χ1) is 18.1. The number of aryl methyl sites for hydroxylation is 1. The van der Waals surface area contributed by atoms with Gasteiger partial charge in [0.2, 0.25) is 5.43 Å². The molecule has 2 fully saturated rings. The van der Waals surface area contributed by atoms with E-state index >= 15 is 4.39 Å². The Labute approximate surface area is 230 Å². The molecule has 1 amide bonds. The van der Waals surface area contributed by atoms with Gasteiger partial charge in [-0.1, -0.05) is 23.2 Å². The molecule has 1 aliphatic heterocycles. The van der Waals surface area contributed by atoms with E-state index in [0.29, 0.717) is 45.7 Å². The second-order valence-electron chi connectivity index (χ2n) is 10.4. The Morgan fingerprint density at radius 3 is 2.47 bits per heavy atom. The fourth-order valence-electron chi connectivity index (χ4n) is 5.46. The molecule has 2 atom stereocenters. The second kappa shape index (κ2) is 10.4. The van der Waals surface area contributed by atoms with Gasteiger partial charge in [-0.2, -0.15) is 0 Å². The van der Waals surface area contributed by atoms with E-state index in [1.807, 2.05) is 16.4 Å². The van der Waals surface area contributed by atoms with Crippen LogP contribution in [0.3, 0.4) is 0 Å². The second-order valence-corrected chi connectivity index (χ2v) is 11.2. The highest BCUT2D eigenvalue weighted by molar-refractivity contribution is 6.35. The average Bonchev–Trinajstić information content (AvgIpc) is 3.67. The molecule has 202 valence electrons. The lowest BCUT2D eigenvalue weighted by Gasteiger charge is -2.38. The first-order valence-corrected chi connectivity index (χ1v) is 13.5. The molecule has 0 radical (unpaired) electrons. The average molecular weight is 561 g/mol. The third-order valence-electron chi connectivity index (χ3n) is 7.27. The lowest BCUT2D eigenvalue weighted by Crippen LogP contribution is -2.54. The number of piperazine rings is 1. The summed E-state index contributed by atoms with van der Waals surface area (Å²) in [5, 5.41) is 7.32. The Hall–Kier alpha value is -2.81. The van der Waals surface area contributed by atoms with Crippen LogP contribution in [0.5, 0.6) is 5.75 Å². The summed E-state index contributed by atoms with van der Waals surface area (Å²) in [5.41, 5.74) is 1.81. The van der Waals surface area contributed by atoms with E-state index in [2.05, 4.69) is 24.5 Å². The van der Waals surface area contributed by atoms with Gasteiger partial charge in [-0.15, -0.1) is 0 Å². The standard InChI is InChI=1S/C28H31Cl2FN4O3/c1-14-7-17(29)8-22(30)20(14)10-32-28(37)21-13-35(18-5-6-18)24-19(26(21)36)9-23(31)25(27(24)38-4)34-11-15(2)33-16(3)12-34/h7-9,13,15-16,18,33H,5-6,10-12H2,1-4H3,(H,32,37)/t15-,16+. The Morgan fingerprint density at radius 1 is 1.18 bits per heavy atom. The lowest BCUT2D eigenvalue weighted by molar-refractivity contribution is 0.0949. The minimum absolute atomic E-state index is 0.0502. The molecule has 5 rings (SSSR count). The SMILES string of the molecule is COc1c(N2C[C@@H](C)N[C@@H](C)C2)c(F)cc2c(=O)c(C(=O)NCc3c(C)cc(Cl)cc3Cl)cn(C3CC3)c12. The van der Waals surface area contributed by atoms with Crippen LogP contribution in [-0.2, 0) is 6.54 Å². The number of nitrogens with zero attached hydrogens (tertiary/aromatic N) is 2. The van der Waals surface area contributed by atoms with Gasteiger partial charge in [0.1, 0.15) is 11.3 Å². The molecule has 2 heterocycles. The van der Waals surface area contributed by atoms with Gasteiger partial charge in [0, 0.05) is 54.0 Å². The summed E-state index contributed by atoms with van der Waals surface area (Å²) in [6, 6.07) is 5.05. The topological polar surface area (TPSA) is 75.6 Å².